The van der Waals surface area contributed by atoms with Gasteiger partial charge in [-0.15, -0.1) is 5.54 Å². The van der Waals surface area contributed by atoms with Crippen molar-refractivity contribution in [3.05, 3.63) is 53.3 Å². The first-order valence-electron chi connectivity index (χ1n) is 22.6. The number of anilines is 1. The molecule has 4 aliphatic heterocycles. The summed E-state index contributed by atoms with van der Waals surface area (Å²) in [6, 6.07) is 7.33. The van der Waals surface area contributed by atoms with Crippen LogP contribution in [-0.2, 0) is 4.74 Å². The SMILES string of the molecule is COc1c(F)c(-c2cccc3ccc(F)c(C#C[Si](C(C)C)(C(C)C)C(C)C)c23)c(F)c2nc(OC[C@@]34CCCN3C[C@H](F)C4)nc(N3CC4CCC(C3)N4C(=O)OC(C)(C)C)c12. The van der Waals surface area contributed by atoms with Gasteiger partial charge in [0.1, 0.15) is 43.6 Å². The standard InChI is InChI=1S/C49H61F4N5O4Si/c1-28(2)63(29(3)4,30(5)6)22-19-35-37(51)18-15-31-13-11-14-36(38(31)35)39-41(52)43-40(44(60-10)42(39)53)45(55-46(54-43)61-27-49-20-12-21-57(49)24-32(50)23-49)56-25-33-16-17-34(26-56)58(33)47(59)62-48(7,8)9/h11,13-15,18,28-30,32-34H,12,16-17,20-21,23-27H2,1-10H3/t32-,33?,34?,49+/m1/s1. The Morgan fingerprint density at radius 2 is 1.62 bits per heavy atom. The first-order chi connectivity index (χ1) is 29.8. The van der Waals surface area contributed by atoms with E-state index in [9.17, 15) is 9.18 Å². The Balaban J connectivity index is 1.32. The van der Waals surface area contributed by atoms with Gasteiger partial charge in [-0.25, -0.2) is 22.4 Å². The second kappa shape index (κ2) is 16.7. The minimum absolute atomic E-state index is 0.00655. The highest BCUT2D eigenvalue weighted by Gasteiger charge is 2.50. The molecule has 0 N–H and O–H groups in total. The molecule has 1 aromatic heterocycles. The molecule has 8 rings (SSSR count). The zero-order chi connectivity index (χ0) is 45.3. The third-order valence-electron chi connectivity index (χ3n) is 14.3. The van der Waals surface area contributed by atoms with Crippen LogP contribution in [0.15, 0.2) is 30.3 Å². The molecule has 4 atom stereocenters. The molecule has 4 saturated heterocycles. The van der Waals surface area contributed by atoms with Crippen LogP contribution in [0.3, 0.4) is 0 Å². The normalized spacial score (nSPS) is 22.7. The van der Waals surface area contributed by atoms with E-state index >= 15 is 13.2 Å². The fourth-order valence-electron chi connectivity index (χ4n) is 11.6. The summed E-state index contributed by atoms with van der Waals surface area (Å²) < 4.78 is 84.6. The molecule has 9 nitrogen and oxygen atoms in total. The monoisotopic (exact) mass is 887 g/mol. The molecule has 14 heteroatoms. The smallest absolute Gasteiger partial charge is 0.410 e. The molecule has 338 valence electrons. The third-order valence-corrected chi connectivity index (χ3v) is 20.6. The number of fused-ring (bicyclic) bond motifs is 5. The summed E-state index contributed by atoms with van der Waals surface area (Å²) in [6.45, 7) is 20.3. The van der Waals surface area contributed by atoms with Gasteiger partial charge >= 0.3 is 12.1 Å². The van der Waals surface area contributed by atoms with E-state index in [1.54, 1.807) is 29.2 Å². The summed E-state index contributed by atoms with van der Waals surface area (Å²) in [5.74, 6) is 0.592. The first kappa shape index (κ1) is 45.0. The van der Waals surface area contributed by atoms with Gasteiger partial charge in [-0.05, 0) is 86.6 Å². The van der Waals surface area contributed by atoms with Crippen molar-refractivity contribution in [2.45, 2.75) is 140 Å². The molecule has 4 fully saturated rings. The largest absolute Gasteiger partial charge is 0.493 e. The topological polar surface area (TPSA) is 80.3 Å². The lowest BCUT2D eigenvalue weighted by Gasteiger charge is -2.42. The molecule has 0 saturated carbocycles. The number of alkyl halides is 1. The van der Waals surface area contributed by atoms with E-state index in [-0.39, 0.29) is 80.3 Å². The van der Waals surface area contributed by atoms with E-state index in [4.69, 9.17) is 19.2 Å². The average Bonchev–Trinajstić information content (AvgIpc) is 3.83. The summed E-state index contributed by atoms with van der Waals surface area (Å²) >= 11 is 0. The minimum atomic E-state index is -2.36. The maximum absolute atomic E-state index is 17.9. The van der Waals surface area contributed by atoms with Crippen LogP contribution in [0.5, 0.6) is 11.8 Å². The molecule has 0 radical (unpaired) electrons. The number of rotatable bonds is 9. The number of carbonyl (C=O) groups excluding carboxylic acids is 1. The van der Waals surface area contributed by atoms with Gasteiger partial charge in [0.2, 0.25) is 0 Å². The highest BCUT2D eigenvalue weighted by molar-refractivity contribution is 6.90. The van der Waals surface area contributed by atoms with Gasteiger partial charge in [-0.1, -0.05) is 71.7 Å². The highest BCUT2D eigenvalue weighted by Crippen LogP contribution is 2.48. The van der Waals surface area contributed by atoms with Crippen molar-refractivity contribution in [3.8, 4) is 34.4 Å². The Morgan fingerprint density at radius 3 is 2.25 bits per heavy atom. The molecule has 5 heterocycles. The van der Waals surface area contributed by atoms with Crippen molar-refractivity contribution in [1.29, 1.82) is 0 Å². The van der Waals surface area contributed by atoms with Crippen molar-refractivity contribution in [2.24, 2.45) is 0 Å². The van der Waals surface area contributed by atoms with Gasteiger partial charge < -0.3 is 19.1 Å². The van der Waals surface area contributed by atoms with Crippen LogP contribution in [0.2, 0.25) is 16.6 Å². The lowest BCUT2D eigenvalue weighted by molar-refractivity contribution is 0.0122. The molecule has 63 heavy (non-hydrogen) atoms. The van der Waals surface area contributed by atoms with E-state index in [0.29, 0.717) is 44.3 Å². The maximum atomic E-state index is 17.9. The number of piperazine rings is 1. The Morgan fingerprint density at radius 1 is 0.937 bits per heavy atom. The zero-order valence-electron chi connectivity index (χ0n) is 38.3. The van der Waals surface area contributed by atoms with Gasteiger partial charge in [-0.2, -0.15) is 9.97 Å². The fraction of sp³-hybridized carbons (Fsp3) is 0.571. The van der Waals surface area contributed by atoms with Gasteiger partial charge in [0.25, 0.3) is 0 Å². The van der Waals surface area contributed by atoms with Crippen molar-refractivity contribution >= 4 is 41.7 Å². The molecule has 4 aromatic rings. The number of benzene rings is 3. The highest BCUT2D eigenvalue weighted by atomic mass is 28.3. The number of halogens is 4. The quantitative estimate of drug-likeness (QED) is 0.0934. The number of carbonyl (C=O) groups is 1. The van der Waals surface area contributed by atoms with Crippen molar-refractivity contribution in [1.82, 2.24) is 19.8 Å². The molecule has 0 spiro atoms. The van der Waals surface area contributed by atoms with Crippen molar-refractivity contribution < 1.29 is 36.6 Å². The lowest BCUT2D eigenvalue weighted by atomic mass is 9.92. The van der Waals surface area contributed by atoms with Gasteiger partial charge in [0.05, 0.1) is 41.2 Å². The first-order valence-corrected chi connectivity index (χ1v) is 24.8. The molecule has 2 unspecified atom stereocenters. The Bertz CT molecular complexity index is 2470. The van der Waals surface area contributed by atoms with Crippen LogP contribution < -0.4 is 14.4 Å². The van der Waals surface area contributed by atoms with Crippen LogP contribution in [0.4, 0.5) is 28.2 Å². The molecule has 1 amide bonds. The van der Waals surface area contributed by atoms with E-state index in [1.165, 1.54) is 13.2 Å². The molecular weight excluding hydrogens is 827 g/mol. The van der Waals surface area contributed by atoms with Crippen LogP contribution >= 0.6 is 0 Å². The average molecular weight is 888 g/mol. The number of nitrogens with zero attached hydrogens (tertiary/aromatic N) is 5. The Kier molecular flexibility index (Phi) is 12.0. The number of methoxy groups -OCH3 is 1. The third kappa shape index (κ3) is 7.78. The number of hydrogen-bond acceptors (Lipinski definition) is 8. The Labute approximate surface area is 369 Å². The summed E-state index contributed by atoms with van der Waals surface area (Å²) in [4.78, 5) is 28.8. The van der Waals surface area contributed by atoms with Crippen molar-refractivity contribution in [3.63, 3.8) is 0 Å². The van der Waals surface area contributed by atoms with E-state index in [2.05, 4.69) is 62.9 Å². The van der Waals surface area contributed by atoms with Crippen molar-refractivity contribution in [2.75, 3.05) is 44.8 Å². The molecule has 3 aromatic carbocycles. The fourth-order valence-corrected chi connectivity index (χ4v) is 16.8. The molecule has 0 aliphatic carbocycles. The van der Waals surface area contributed by atoms with Crippen LogP contribution in [0, 0.1) is 28.9 Å². The predicted octanol–water partition coefficient (Wildman–Crippen LogP) is 11.0. The Hall–Kier alpha value is -4.61. The molecule has 2 bridgehead atoms. The van der Waals surface area contributed by atoms with Crippen LogP contribution in [-0.4, -0.2) is 103 Å². The zero-order valence-corrected chi connectivity index (χ0v) is 39.3. The number of hydrogen-bond donors (Lipinski definition) is 0. The van der Waals surface area contributed by atoms with Crippen LogP contribution in [0.25, 0.3) is 32.8 Å². The number of amides is 1. The minimum Gasteiger partial charge on any atom is -0.493 e. The summed E-state index contributed by atoms with van der Waals surface area (Å²) in [7, 11) is -1.05. The second-order valence-corrected chi connectivity index (χ2v) is 25.7. The predicted molar refractivity (Wildman–Crippen MR) is 242 cm³/mol. The van der Waals surface area contributed by atoms with E-state index < -0.39 is 54.5 Å². The summed E-state index contributed by atoms with van der Waals surface area (Å²) in [6.07, 6.45) is 1.95. The number of ether oxygens (including phenoxy) is 3. The van der Waals surface area contributed by atoms with E-state index in [0.717, 1.165) is 19.4 Å². The maximum Gasteiger partial charge on any atom is 0.410 e. The molecule has 4 aliphatic rings. The van der Waals surface area contributed by atoms with Crippen LogP contribution in [0.1, 0.15) is 100.0 Å². The van der Waals surface area contributed by atoms with E-state index in [1.807, 2.05) is 25.7 Å². The summed E-state index contributed by atoms with van der Waals surface area (Å²) in [5.41, 5.74) is 2.68. The number of aromatic nitrogens is 2. The molecular formula is C49H61F4N5O4Si. The van der Waals surface area contributed by atoms with Gasteiger partial charge in [0.15, 0.2) is 17.4 Å². The van der Waals surface area contributed by atoms with Gasteiger partial charge in [-0.3, -0.25) is 9.80 Å². The van der Waals surface area contributed by atoms with Gasteiger partial charge in [0, 0.05) is 31.4 Å². The second-order valence-electron chi connectivity index (χ2n) is 20.1. The summed E-state index contributed by atoms with van der Waals surface area (Å²) in [5, 5.41) is 0.856. The lowest BCUT2D eigenvalue weighted by Crippen LogP contribution is -2.57.